The zero-order chi connectivity index (χ0) is 13.5. The first-order valence-corrected chi connectivity index (χ1v) is 6.47. The van der Waals surface area contributed by atoms with Crippen molar-refractivity contribution in [1.82, 2.24) is 15.5 Å². The predicted octanol–water partition coefficient (Wildman–Crippen LogP) is 1.82. The van der Waals surface area contributed by atoms with Crippen LogP contribution in [0.3, 0.4) is 0 Å². The molecule has 0 bridgehead atoms. The highest BCUT2D eigenvalue weighted by atomic mass is 16.5. The Hall–Kier alpha value is -1.88. The topological polar surface area (TPSA) is 60.2 Å². The van der Waals surface area contributed by atoms with E-state index in [0.717, 1.165) is 30.8 Å². The van der Waals surface area contributed by atoms with Crippen LogP contribution in [0.4, 0.5) is 0 Å². The molecular weight excluding hydrogens is 242 g/mol. The summed E-state index contributed by atoms with van der Waals surface area (Å²) < 4.78 is 10.5. The Bertz CT molecular complexity index is 511. The van der Waals surface area contributed by atoms with Gasteiger partial charge in [0, 0.05) is 24.9 Å². The van der Waals surface area contributed by atoms with Gasteiger partial charge in [-0.15, -0.1) is 0 Å². The highest BCUT2D eigenvalue weighted by molar-refractivity contribution is 5.35. The van der Waals surface area contributed by atoms with Gasteiger partial charge in [0.15, 0.2) is 5.82 Å². The van der Waals surface area contributed by atoms with Gasteiger partial charge in [-0.2, -0.15) is 4.98 Å². The molecule has 19 heavy (non-hydrogen) atoms. The summed E-state index contributed by atoms with van der Waals surface area (Å²) in [5.74, 6) is 2.21. The van der Waals surface area contributed by atoms with E-state index < -0.39 is 0 Å². The van der Waals surface area contributed by atoms with Gasteiger partial charge in [-0.25, -0.2) is 0 Å². The molecule has 0 saturated heterocycles. The molecule has 2 aromatic rings. The number of rotatable bonds is 7. The van der Waals surface area contributed by atoms with Crippen LogP contribution in [0.15, 0.2) is 28.8 Å². The minimum absolute atomic E-state index is 0.620. The SMILES string of the molecule is CCNCCc1nc(Cc2ccccc2OC)no1. The molecule has 1 N–H and O–H groups in total. The Morgan fingerprint density at radius 3 is 2.95 bits per heavy atom. The lowest BCUT2D eigenvalue weighted by molar-refractivity contribution is 0.371. The van der Waals surface area contributed by atoms with E-state index in [0.29, 0.717) is 18.1 Å². The van der Waals surface area contributed by atoms with Crippen LogP contribution in [0.1, 0.15) is 24.2 Å². The number of ether oxygens (including phenoxy) is 1. The summed E-state index contributed by atoms with van der Waals surface area (Å²) in [5.41, 5.74) is 1.06. The number of aromatic nitrogens is 2. The van der Waals surface area contributed by atoms with E-state index in [4.69, 9.17) is 9.26 Å². The minimum Gasteiger partial charge on any atom is -0.496 e. The van der Waals surface area contributed by atoms with Crippen LogP contribution in [-0.4, -0.2) is 30.3 Å². The fourth-order valence-corrected chi connectivity index (χ4v) is 1.85. The van der Waals surface area contributed by atoms with Crippen LogP contribution >= 0.6 is 0 Å². The van der Waals surface area contributed by atoms with E-state index in [-0.39, 0.29) is 0 Å². The molecule has 0 unspecified atom stereocenters. The number of hydrogen-bond acceptors (Lipinski definition) is 5. The fraction of sp³-hybridized carbons (Fsp3) is 0.429. The highest BCUT2D eigenvalue weighted by Crippen LogP contribution is 2.19. The summed E-state index contributed by atoms with van der Waals surface area (Å²) in [6, 6.07) is 7.86. The zero-order valence-corrected chi connectivity index (χ0v) is 11.3. The van der Waals surface area contributed by atoms with E-state index in [1.807, 2.05) is 24.3 Å². The first-order chi connectivity index (χ1) is 9.33. The Morgan fingerprint density at radius 1 is 1.32 bits per heavy atom. The van der Waals surface area contributed by atoms with Crippen molar-refractivity contribution in [2.45, 2.75) is 19.8 Å². The van der Waals surface area contributed by atoms with E-state index in [1.54, 1.807) is 7.11 Å². The van der Waals surface area contributed by atoms with E-state index >= 15 is 0 Å². The molecule has 0 radical (unpaired) electrons. The maximum atomic E-state index is 5.31. The van der Waals surface area contributed by atoms with Crippen molar-refractivity contribution < 1.29 is 9.26 Å². The molecule has 1 aromatic carbocycles. The predicted molar refractivity (Wildman–Crippen MR) is 72.3 cm³/mol. The lowest BCUT2D eigenvalue weighted by atomic mass is 10.1. The molecule has 0 fully saturated rings. The van der Waals surface area contributed by atoms with Crippen molar-refractivity contribution in [1.29, 1.82) is 0 Å². The summed E-state index contributed by atoms with van der Waals surface area (Å²) in [5, 5.41) is 7.22. The first-order valence-electron chi connectivity index (χ1n) is 6.47. The van der Waals surface area contributed by atoms with Crippen LogP contribution < -0.4 is 10.1 Å². The third-order valence-electron chi connectivity index (χ3n) is 2.82. The Balaban J connectivity index is 1.99. The van der Waals surface area contributed by atoms with E-state index in [2.05, 4.69) is 22.4 Å². The van der Waals surface area contributed by atoms with Crippen molar-refractivity contribution in [3.63, 3.8) is 0 Å². The molecule has 0 aliphatic carbocycles. The molecule has 1 heterocycles. The van der Waals surface area contributed by atoms with Gasteiger partial charge in [0.05, 0.1) is 7.11 Å². The summed E-state index contributed by atoms with van der Waals surface area (Å²) in [4.78, 5) is 4.38. The van der Waals surface area contributed by atoms with Crippen LogP contribution in [0.25, 0.3) is 0 Å². The molecule has 5 heteroatoms. The lowest BCUT2D eigenvalue weighted by Crippen LogP contribution is -2.16. The monoisotopic (exact) mass is 261 g/mol. The van der Waals surface area contributed by atoms with Crippen molar-refractivity contribution >= 4 is 0 Å². The maximum Gasteiger partial charge on any atom is 0.227 e. The molecule has 5 nitrogen and oxygen atoms in total. The third-order valence-corrected chi connectivity index (χ3v) is 2.82. The quantitative estimate of drug-likeness (QED) is 0.770. The second kappa shape index (κ2) is 6.89. The second-order valence-corrected chi connectivity index (χ2v) is 4.20. The molecular formula is C14H19N3O2. The van der Waals surface area contributed by atoms with Gasteiger partial charge in [0.1, 0.15) is 5.75 Å². The Labute approximate surface area is 113 Å². The van der Waals surface area contributed by atoms with Gasteiger partial charge in [-0.05, 0) is 12.6 Å². The van der Waals surface area contributed by atoms with Crippen LogP contribution in [0.5, 0.6) is 5.75 Å². The smallest absolute Gasteiger partial charge is 0.227 e. The van der Waals surface area contributed by atoms with E-state index in [9.17, 15) is 0 Å². The molecule has 2 rings (SSSR count). The fourth-order valence-electron chi connectivity index (χ4n) is 1.85. The van der Waals surface area contributed by atoms with Gasteiger partial charge >= 0.3 is 0 Å². The standard InChI is InChI=1S/C14H19N3O2/c1-3-15-9-8-14-16-13(17-19-14)10-11-6-4-5-7-12(11)18-2/h4-7,15H,3,8-10H2,1-2H3. The zero-order valence-electron chi connectivity index (χ0n) is 11.3. The Morgan fingerprint density at radius 2 is 2.16 bits per heavy atom. The molecule has 0 spiro atoms. The minimum atomic E-state index is 0.620. The molecule has 102 valence electrons. The number of likely N-dealkylation sites (N-methyl/N-ethyl adjacent to an activating group) is 1. The van der Waals surface area contributed by atoms with Crippen molar-refractivity contribution in [3.05, 3.63) is 41.5 Å². The number of benzene rings is 1. The molecule has 0 amide bonds. The first kappa shape index (κ1) is 13.5. The number of hydrogen-bond donors (Lipinski definition) is 1. The lowest BCUT2D eigenvalue weighted by Gasteiger charge is -2.05. The number of methoxy groups -OCH3 is 1. The van der Waals surface area contributed by atoms with Crippen molar-refractivity contribution in [2.24, 2.45) is 0 Å². The van der Waals surface area contributed by atoms with Crippen LogP contribution in [-0.2, 0) is 12.8 Å². The summed E-state index contributed by atoms with van der Waals surface area (Å²) in [7, 11) is 1.66. The maximum absolute atomic E-state index is 5.31. The summed E-state index contributed by atoms with van der Waals surface area (Å²) in [6.45, 7) is 3.87. The van der Waals surface area contributed by atoms with E-state index in [1.165, 1.54) is 0 Å². The van der Waals surface area contributed by atoms with Crippen molar-refractivity contribution in [3.8, 4) is 5.75 Å². The normalized spacial score (nSPS) is 10.6. The molecule has 0 saturated carbocycles. The average molecular weight is 261 g/mol. The van der Waals surface area contributed by atoms with Crippen LogP contribution in [0.2, 0.25) is 0 Å². The largest absolute Gasteiger partial charge is 0.496 e. The van der Waals surface area contributed by atoms with Gasteiger partial charge in [-0.1, -0.05) is 30.3 Å². The van der Waals surface area contributed by atoms with Crippen molar-refractivity contribution in [2.75, 3.05) is 20.2 Å². The molecule has 1 aromatic heterocycles. The molecule has 0 atom stereocenters. The average Bonchev–Trinajstić information content (AvgIpc) is 2.87. The van der Waals surface area contributed by atoms with Crippen LogP contribution in [0, 0.1) is 0 Å². The molecule has 0 aliphatic heterocycles. The Kier molecular flexibility index (Phi) is 4.92. The van der Waals surface area contributed by atoms with Gasteiger partial charge in [-0.3, -0.25) is 0 Å². The summed E-state index contributed by atoms with van der Waals surface area (Å²) in [6.07, 6.45) is 1.38. The number of nitrogens with zero attached hydrogens (tertiary/aromatic N) is 2. The number of nitrogens with one attached hydrogen (secondary N) is 1. The third kappa shape index (κ3) is 3.79. The second-order valence-electron chi connectivity index (χ2n) is 4.20. The highest BCUT2D eigenvalue weighted by Gasteiger charge is 2.09. The number of para-hydroxylation sites is 1. The molecule has 0 aliphatic rings. The summed E-state index contributed by atoms with van der Waals surface area (Å²) >= 11 is 0. The van der Waals surface area contributed by atoms with Gasteiger partial charge in [0.2, 0.25) is 5.89 Å². The van der Waals surface area contributed by atoms with Gasteiger partial charge in [0.25, 0.3) is 0 Å². The van der Waals surface area contributed by atoms with Gasteiger partial charge < -0.3 is 14.6 Å².